The van der Waals surface area contributed by atoms with Crippen molar-refractivity contribution in [1.29, 1.82) is 5.26 Å². The van der Waals surface area contributed by atoms with Gasteiger partial charge in [0.05, 0.1) is 24.4 Å². The van der Waals surface area contributed by atoms with E-state index in [1.54, 1.807) is 18.3 Å². The third kappa shape index (κ3) is 2.49. The molecule has 0 bridgehead atoms. The second kappa shape index (κ2) is 4.64. The van der Waals surface area contributed by atoms with Gasteiger partial charge in [0.2, 0.25) is 0 Å². The number of hydrogen-bond acceptors (Lipinski definition) is 5. The van der Waals surface area contributed by atoms with Crippen molar-refractivity contribution < 1.29 is 4.52 Å². The van der Waals surface area contributed by atoms with Gasteiger partial charge in [-0.1, -0.05) is 16.8 Å². The minimum atomic E-state index is 0.277. The molecule has 5 nitrogen and oxygen atoms in total. The first-order chi connectivity index (χ1) is 7.78. The largest absolute Gasteiger partial charge is 0.363 e. The van der Waals surface area contributed by atoms with Gasteiger partial charge >= 0.3 is 0 Å². The van der Waals surface area contributed by atoms with Crippen LogP contribution in [0, 0.1) is 11.3 Å². The molecule has 0 spiro atoms. The third-order valence-corrected chi connectivity index (χ3v) is 2.05. The number of halogens is 1. The molecule has 0 unspecified atom stereocenters. The highest BCUT2D eigenvalue weighted by Crippen LogP contribution is 2.14. The molecule has 0 saturated heterocycles. The summed E-state index contributed by atoms with van der Waals surface area (Å²) in [6.45, 7) is 0.443. The summed E-state index contributed by atoms with van der Waals surface area (Å²) in [5, 5.41) is 15.6. The SMILES string of the molecule is N#Cc1cc(Cl)nc(NCc2ccno2)c1. The first-order valence-corrected chi connectivity index (χ1v) is 4.87. The molecule has 0 amide bonds. The van der Waals surface area contributed by atoms with Crippen LogP contribution in [0.4, 0.5) is 5.82 Å². The van der Waals surface area contributed by atoms with E-state index in [1.807, 2.05) is 6.07 Å². The normalized spacial score (nSPS) is 9.75. The van der Waals surface area contributed by atoms with E-state index in [1.165, 1.54) is 6.07 Å². The van der Waals surface area contributed by atoms with Crippen molar-refractivity contribution in [3.8, 4) is 6.07 Å². The highest BCUT2D eigenvalue weighted by atomic mass is 35.5. The highest BCUT2D eigenvalue weighted by molar-refractivity contribution is 6.29. The summed E-state index contributed by atoms with van der Waals surface area (Å²) < 4.78 is 4.90. The first-order valence-electron chi connectivity index (χ1n) is 4.49. The number of anilines is 1. The van der Waals surface area contributed by atoms with Crippen LogP contribution < -0.4 is 5.32 Å². The standard InChI is InChI=1S/C10H7ClN4O/c11-9-3-7(5-12)4-10(15-9)13-6-8-1-2-14-16-8/h1-4H,6H2,(H,13,15). The van der Waals surface area contributed by atoms with Crippen LogP contribution in [0.15, 0.2) is 28.9 Å². The smallest absolute Gasteiger partial charge is 0.155 e. The number of nitrogens with zero attached hydrogens (tertiary/aromatic N) is 3. The first kappa shape index (κ1) is 10.5. The van der Waals surface area contributed by atoms with Crippen LogP contribution in [0.2, 0.25) is 5.15 Å². The summed E-state index contributed by atoms with van der Waals surface area (Å²) in [6, 6.07) is 6.85. The van der Waals surface area contributed by atoms with E-state index in [4.69, 9.17) is 21.4 Å². The average Bonchev–Trinajstić information content (AvgIpc) is 2.78. The van der Waals surface area contributed by atoms with Gasteiger partial charge in [-0.25, -0.2) is 4.98 Å². The van der Waals surface area contributed by atoms with Gasteiger partial charge in [-0.15, -0.1) is 0 Å². The number of aromatic nitrogens is 2. The summed E-state index contributed by atoms with van der Waals surface area (Å²) in [4.78, 5) is 4.02. The molecule has 16 heavy (non-hydrogen) atoms. The van der Waals surface area contributed by atoms with Gasteiger partial charge in [-0.2, -0.15) is 5.26 Å². The molecule has 1 N–H and O–H groups in total. The molecule has 0 aliphatic rings. The fraction of sp³-hybridized carbons (Fsp3) is 0.100. The van der Waals surface area contributed by atoms with Gasteiger partial charge in [-0.3, -0.25) is 0 Å². The number of nitriles is 1. The molecule has 2 aromatic rings. The molecule has 2 rings (SSSR count). The number of pyridine rings is 1. The Hall–Kier alpha value is -2.06. The molecule has 0 aliphatic carbocycles. The molecule has 0 radical (unpaired) electrons. The van der Waals surface area contributed by atoms with E-state index in [2.05, 4.69) is 15.5 Å². The predicted octanol–water partition coefficient (Wildman–Crippen LogP) is 2.21. The Bertz CT molecular complexity index is 518. The molecule has 0 aromatic carbocycles. The average molecular weight is 235 g/mol. The molecule has 2 aromatic heterocycles. The van der Waals surface area contributed by atoms with Gasteiger partial charge in [0.1, 0.15) is 11.0 Å². The fourth-order valence-electron chi connectivity index (χ4n) is 1.16. The Kier molecular flexibility index (Phi) is 3.03. The monoisotopic (exact) mass is 234 g/mol. The molecule has 80 valence electrons. The Morgan fingerprint density at radius 2 is 2.38 bits per heavy atom. The van der Waals surface area contributed by atoms with Gasteiger partial charge in [0.15, 0.2) is 5.76 Å². The molecular weight excluding hydrogens is 228 g/mol. The van der Waals surface area contributed by atoms with Crippen LogP contribution in [0.25, 0.3) is 0 Å². The Balaban J connectivity index is 2.10. The number of nitrogens with one attached hydrogen (secondary N) is 1. The van der Waals surface area contributed by atoms with Crippen LogP contribution in [0.3, 0.4) is 0 Å². The van der Waals surface area contributed by atoms with Crippen molar-refractivity contribution in [2.24, 2.45) is 0 Å². The maximum atomic E-state index is 8.75. The summed E-state index contributed by atoms with van der Waals surface area (Å²) in [7, 11) is 0. The summed E-state index contributed by atoms with van der Waals surface area (Å²) in [6.07, 6.45) is 1.56. The molecule has 0 fully saturated rings. The van der Waals surface area contributed by atoms with Crippen molar-refractivity contribution in [3.05, 3.63) is 40.9 Å². The lowest BCUT2D eigenvalue weighted by Crippen LogP contribution is -2.00. The lowest BCUT2D eigenvalue weighted by atomic mass is 10.3. The Labute approximate surface area is 96.6 Å². The van der Waals surface area contributed by atoms with Gasteiger partial charge in [0, 0.05) is 6.07 Å². The number of hydrogen-bond donors (Lipinski definition) is 1. The van der Waals surface area contributed by atoms with E-state index in [0.717, 1.165) is 0 Å². The van der Waals surface area contributed by atoms with Crippen molar-refractivity contribution in [1.82, 2.24) is 10.1 Å². The van der Waals surface area contributed by atoms with Crippen molar-refractivity contribution >= 4 is 17.4 Å². The zero-order chi connectivity index (χ0) is 11.4. The second-order valence-electron chi connectivity index (χ2n) is 3.01. The molecule has 0 atom stereocenters. The molecular formula is C10H7ClN4O. The van der Waals surface area contributed by atoms with E-state index < -0.39 is 0 Å². The van der Waals surface area contributed by atoms with E-state index in [9.17, 15) is 0 Å². The predicted molar refractivity (Wildman–Crippen MR) is 57.8 cm³/mol. The van der Waals surface area contributed by atoms with Crippen LogP contribution in [0.1, 0.15) is 11.3 Å². The third-order valence-electron chi connectivity index (χ3n) is 1.86. The van der Waals surface area contributed by atoms with Crippen molar-refractivity contribution in [2.45, 2.75) is 6.54 Å². The zero-order valence-corrected chi connectivity index (χ0v) is 8.90. The molecule has 0 saturated carbocycles. The van der Waals surface area contributed by atoms with Gasteiger partial charge < -0.3 is 9.84 Å². The molecule has 2 heterocycles. The summed E-state index contributed by atoms with van der Waals surface area (Å²) >= 11 is 5.75. The Morgan fingerprint density at radius 3 is 3.06 bits per heavy atom. The van der Waals surface area contributed by atoms with Crippen LogP contribution in [0.5, 0.6) is 0 Å². The maximum absolute atomic E-state index is 8.75. The molecule has 0 aliphatic heterocycles. The minimum absolute atomic E-state index is 0.277. The maximum Gasteiger partial charge on any atom is 0.155 e. The van der Waals surface area contributed by atoms with Crippen molar-refractivity contribution in [2.75, 3.05) is 5.32 Å². The zero-order valence-electron chi connectivity index (χ0n) is 8.14. The lowest BCUT2D eigenvalue weighted by molar-refractivity contribution is 0.388. The number of rotatable bonds is 3. The van der Waals surface area contributed by atoms with Crippen LogP contribution in [-0.2, 0) is 6.54 Å². The topological polar surface area (TPSA) is 74.7 Å². The van der Waals surface area contributed by atoms with E-state index in [-0.39, 0.29) is 5.15 Å². The second-order valence-corrected chi connectivity index (χ2v) is 3.40. The lowest BCUT2D eigenvalue weighted by Gasteiger charge is -2.03. The van der Waals surface area contributed by atoms with Gasteiger partial charge in [-0.05, 0) is 12.1 Å². The van der Waals surface area contributed by atoms with Gasteiger partial charge in [0.25, 0.3) is 0 Å². The summed E-state index contributed by atoms with van der Waals surface area (Å²) in [5.74, 6) is 1.21. The minimum Gasteiger partial charge on any atom is -0.363 e. The van der Waals surface area contributed by atoms with Crippen LogP contribution >= 0.6 is 11.6 Å². The van der Waals surface area contributed by atoms with Crippen molar-refractivity contribution in [3.63, 3.8) is 0 Å². The Morgan fingerprint density at radius 1 is 1.50 bits per heavy atom. The summed E-state index contributed by atoms with van der Waals surface area (Å²) in [5.41, 5.74) is 0.458. The van der Waals surface area contributed by atoms with E-state index in [0.29, 0.717) is 23.7 Å². The molecule has 6 heteroatoms. The van der Waals surface area contributed by atoms with E-state index >= 15 is 0 Å². The van der Waals surface area contributed by atoms with Crippen LogP contribution in [-0.4, -0.2) is 10.1 Å². The fourth-order valence-corrected chi connectivity index (χ4v) is 1.37. The highest BCUT2D eigenvalue weighted by Gasteiger charge is 2.02. The quantitative estimate of drug-likeness (QED) is 0.824.